The molecule has 1 amide bonds. The molecule has 0 saturated carbocycles. The summed E-state index contributed by atoms with van der Waals surface area (Å²) in [4.78, 5) is 17.2. The lowest BCUT2D eigenvalue weighted by atomic mass is 10.0. The molecule has 2 aromatic rings. The van der Waals surface area contributed by atoms with Crippen LogP contribution in [0.15, 0.2) is 29.8 Å². The number of amides is 1. The van der Waals surface area contributed by atoms with Crippen LogP contribution in [0.25, 0.3) is 10.4 Å². The Kier molecular flexibility index (Phi) is 4.77. The Morgan fingerprint density at radius 1 is 1.22 bits per heavy atom. The molecule has 1 heterocycles. The van der Waals surface area contributed by atoms with Crippen molar-refractivity contribution in [2.24, 2.45) is 0 Å². The molecule has 2 rings (SSSR count). The van der Waals surface area contributed by atoms with Crippen molar-refractivity contribution >= 4 is 17.4 Å². The van der Waals surface area contributed by atoms with E-state index in [4.69, 9.17) is 4.74 Å². The number of carbonyl (C=O) groups is 1. The Morgan fingerprint density at radius 3 is 2.30 bits per heavy atom. The van der Waals surface area contributed by atoms with E-state index in [1.54, 1.807) is 49.8 Å². The van der Waals surface area contributed by atoms with Crippen LogP contribution in [0.5, 0.6) is 0 Å². The number of benzene rings is 1. The predicted molar refractivity (Wildman–Crippen MR) is 91.2 cm³/mol. The van der Waals surface area contributed by atoms with E-state index in [1.165, 1.54) is 6.92 Å². The van der Waals surface area contributed by atoms with Gasteiger partial charge < -0.3 is 9.84 Å². The van der Waals surface area contributed by atoms with Crippen molar-refractivity contribution in [1.82, 2.24) is 10.3 Å². The van der Waals surface area contributed by atoms with E-state index in [1.807, 2.05) is 19.1 Å². The Balaban J connectivity index is 2.14. The maximum Gasteiger partial charge on any atom is 0.410 e. The van der Waals surface area contributed by atoms with E-state index in [-0.39, 0.29) is 0 Å². The Morgan fingerprint density at radius 2 is 1.83 bits per heavy atom. The highest BCUT2D eigenvalue weighted by Crippen LogP contribution is 2.29. The van der Waals surface area contributed by atoms with Gasteiger partial charge in [0.25, 0.3) is 0 Å². The second kappa shape index (κ2) is 6.29. The summed E-state index contributed by atoms with van der Waals surface area (Å²) in [7, 11) is 0. The summed E-state index contributed by atoms with van der Waals surface area (Å²) in [5.41, 5.74) is 2.26. The minimum Gasteiger partial charge on any atom is -0.444 e. The van der Waals surface area contributed by atoms with Gasteiger partial charge >= 0.3 is 6.09 Å². The van der Waals surface area contributed by atoms with Crippen LogP contribution in [0.2, 0.25) is 0 Å². The second-order valence-electron chi connectivity index (χ2n) is 6.54. The molecule has 2 N–H and O–H groups in total. The van der Waals surface area contributed by atoms with Gasteiger partial charge in [0, 0.05) is 5.56 Å². The number of hydrogen-bond donors (Lipinski definition) is 2. The van der Waals surface area contributed by atoms with Crippen molar-refractivity contribution in [2.45, 2.75) is 45.9 Å². The van der Waals surface area contributed by atoms with E-state index < -0.39 is 17.4 Å². The summed E-state index contributed by atoms with van der Waals surface area (Å²) < 4.78 is 5.18. The van der Waals surface area contributed by atoms with Crippen LogP contribution in [-0.2, 0) is 10.5 Å². The number of thiazole rings is 1. The molecule has 1 atom stereocenters. The fraction of sp³-hybridized carbons (Fsp3) is 0.412. The number of aryl methyl sites for hydroxylation is 1. The summed E-state index contributed by atoms with van der Waals surface area (Å²) in [6.45, 7) is 8.79. The molecule has 1 aromatic heterocycles. The first-order valence-corrected chi connectivity index (χ1v) is 8.21. The normalized spacial score (nSPS) is 14.2. The van der Waals surface area contributed by atoms with Crippen molar-refractivity contribution in [3.63, 3.8) is 0 Å². The molecule has 1 aromatic carbocycles. The van der Waals surface area contributed by atoms with E-state index in [9.17, 15) is 9.90 Å². The molecule has 124 valence electrons. The quantitative estimate of drug-likeness (QED) is 0.837. The SMILES string of the molecule is Cc1ncsc1-c1ccc([C@@](C)(O)NC(=O)OC(C)(C)C)cc1. The van der Waals surface area contributed by atoms with E-state index in [0.717, 1.165) is 16.1 Å². The molecule has 5 nitrogen and oxygen atoms in total. The minimum atomic E-state index is -1.51. The highest BCUT2D eigenvalue weighted by molar-refractivity contribution is 7.13. The van der Waals surface area contributed by atoms with Gasteiger partial charge in [0.05, 0.1) is 16.1 Å². The van der Waals surface area contributed by atoms with Crippen molar-refractivity contribution < 1.29 is 14.6 Å². The molecule has 0 aliphatic rings. The summed E-state index contributed by atoms with van der Waals surface area (Å²) in [5.74, 6) is 0. The lowest BCUT2D eigenvalue weighted by Crippen LogP contribution is -2.45. The van der Waals surface area contributed by atoms with Gasteiger partial charge in [0.15, 0.2) is 5.72 Å². The maximum absolute atomic E-state index is 11.8. The van der Waals surface area contributed by atoms with Gasteiger partial charge in [-0.1, -0.05) is 24.3 Å². The zero-order valence-electron chi connectivity index (χ0n) is 14.0. The van der Waals surface area contributed by atoms with Gasteiger partial charge in [-0.05, 0) is 40.2 Å². The van der Waals surface area contributed by atoms with Gasteiger partial charge in [-0.15, -0.1) is 11.3 Å². The average molecular weight is 334 g/mol. The first kappa shape index (κ1) is 17.4. The molecule has 23 heavy (non-hydrogen) atoms. The zero-order valence-corrected chi connectivity index (χ0v) is 14.8. The van der Waals surface area contributed by atoms with E-state index in [2.05, 4.69) is 10.3 Å². The van der Waals surface area contributed by atoms with Gasteiger partial charge in [0.1, 0.15) is 5.60 Å². The molecular formula is C17H22N2O3S. The number of carbonyl (C=O) groups excluding carboxylic acids is 1. The van der Waals surface area contributed by atoms with Crippen LogP contribution in [-0.4, -0.2) is 21.8 Å². The van der Waals surface area contributed by atoms with Gasteiger partial charge in [-0.2, -0.15) is 0 Å². The number of aliphatic hydroxyl groups is 1. The average Bonchev–Trinajstić information content (AvgIpc) is 2.82. The van der Waals surface area contributed by atoms with Crippen molar-refractivity contribution in [1.29, 1.82) is 0 Å². The van der Waals surface area contributed by atoms with Crippen LogP contribution in [0.4, 0.5) is 4.79 Å². The number of nitrogens with zero attached hydrogens (tertiary/aromatic N) is 1. The fourth-order valence-electron chi connectivity index (χ4n) is 2.10. The Bertz CT molecular complexity index is 685. The fourth-order valence-corrected chi connectivity index (χ4v) is 2.91. The van der Waals surface area contributed by atoms with Gasteiger partial charge in [0.2, 0.25) is 0 Å². The summed E-state index contributed by atoms with van der Waals surface area (Å²) in [5, 5.41) is 13.0. The molecular weight excluding hydrogens is 312 g/mol. The van der Waals surface area contributed by atoms with Crippen LogP contribution in [0.1, 0.15) is 39.0 Å². The molecule has 0 unspecified atom stereocenters. The molecule has 0 aliphatic heterocycles. The van der Waals surface area contributed by atoms with Crippen LogP contribution < -0.4 is 5.32 Å². The monoisotopic (exact) mass is 334 g/mol. The molecule has 0 spiro atoms. The molecule has 0 saturated heterocycles. The number of nitrogens with one attached hydrogen (secondary N) is 1. The third kappa shape index (κ3) is 4.53. The number of hydrogen-bond acceptors (Lipinski definition) is 5. The van der Waals surface area contributed by atoms with Crippen molar-refractivity contribution in [3.8, 4) is 10.4 Å². The maximum atomic E-state index is 11.8. The molecule has 0 fully saturated rings. The second-order valence-corrected chi connectivity index (χ2v) is 7.40. The third-order valence-corrected chi connectivity index (χ3v) is 4.18. The largest absolute Gasteiger partial charge is 0.444 e. The number of ether oxygens (including phenoxy) is 1. The number of aromatic nitrogens is 1. The molecule has 6 heteroatoms. The summed E-state index contributed by atoms with van der Waals surface area (Å²) in [6, 6.07) is 7.37. The smallest absolute Gasteiger partial charge is 0.410 e. The van der Waals surface area contributed by atoms with Crippen LogP contribution in [0, 0.1) is 6.92 Å². The Labute approximate surface area is 140 Å². The molecule has 0 radical (unpaired) electrons. The van der Waals surface area contributed by atoms with Crippen LogP contribution in [0.3, 0.4) is 0 Å². The molecule has 0 aliphatic carbocycles. The first-order valence-electron chi connectivity index (χ1n) is 7.33. The number of alkyl carbamates (subject to hydrolysis) is 1. The summed E-state index contributed by atoms with van der Waals surface area (Å²) in [6.07, 6.45) is -0.662. The molecule has 0 bridgehead atoms. The van der Waals surface area contributed by atoms with Gasteiger partial charge in [-0.3, -0.25) is 5.32 Å². The Hall–Kier alpha value is -1.92. The number of rotatable bonds is 3. The van der Waals surface area contributed by atoms with E-state index >= 15 is 0 Å². The third-order valence-electron chi connectivity index (χ3n) is 3.20. The van der Waals surface area contributed by atoms with Gasteiger partial charge in [-0.25, -0.2) is 9.78 Å². The minimum absolute atomic E-state index is 0.578. The lowest BCUT2D eigenvalue weighted by molar-refractivity contribution is -0.00542. The standard InChI is InChI=1S/C17H22N2O3S/c1-11-14(23-10-18-11)12-6-8-13(9-7-12)17(5,21)19-15(20)22-16(2,3)4/h6-10,21H,1-5H3,(H,19,20)/t17-/m1/s1. The first-order chi connectivity index (χ1) is 10.6. The summed E-state index contributed by atoms with van der Waals surface area (Å²) >= 11 is 1.57. The highest BCUT2D eigenvalue weighted by atomic mass is 32.1. The zero-order chi connectivity index (χ0) is 17.3. The van der Waals surface area contributed by atoms with Crippen LogP contribution >= 0.6 is 11.3 Å². The van der Waals surface area contributed by atoms with E-state index in [0.29, 0.717) is 5.56 Å². The lowest BCUT2D eigenvalue weighted by Gasteiger charge is -2.28. The van der Waals surface area contributed by atoms with Crippen molar-refractivity contribution in [2.75, 3.05) is 0 Å². The predicted octanol–water partition coefficient (Wildman–Crippen LogP) is 3.81. The highest BCUT2D eigenvalue weighted by Gasteiger charge is 2.28. The topological polar surface area (TPSA) is 71.5 Å². The van der Waals surface area contributed by atoms with Crippen molar-refractivity contribution in [3.05, 3.63) is 41.0 Å².